The number of thiazole rings is 1. The van der Waals surface area contributed by atoms with E-state index in [9.17, 15) is 20.1 Å². The van der Waals surface area contributed by atoms with Crippen molar-refractivity contribution in [1.29, 1.82) is 0 Å². The third kappa shape index (κ3) is 9.36. The highest BCUT2D eigenvalue weighted by Crippen LogP contribution is 2.32. The van der Waals surface area contributed by atoms with Crippen LogP contribution in [0.5, 0.6) is 5.75 Å². The molecular weight excluding hydrogens is 513 g/mol. The van der Waals surface area contributed by atoms with E-state index < -0.39 is 5.79 Å². The number of halogens is 2. The molecule has 3 aromatic rings. The van der Waals surface area contributed by atoms with Gasteiger partial charge >= 0.3 is 4.87 Å². The molecule has 0 bridgehead atoms. The Morgan fingerprint density at radius 2 is 1.83 bits per heavy atom. The van der Waals surface area contributed by atoms with E-state index in [4.69, 9.17) is 4.74 Å². The summed E-state index contributed by atoms with van der Waals surface area (Å²) < 4.78 is 5.82. The van der Waals surface area contributed by atoms with Crippen molar-refractivity contribution in [2.45, 2.75) is 38.5 Å². The van der Waals surface area contributed by atoms with Crippen molar-refractivity contribution < 1.29 is 20.1 Å². The average Bonchev–Trinajstić information content (AvgIpc) is 3.18. The summed E-state index contributed by atoms with van der Waals surface area (Å²) in [5, 5.41) is 37.6. The first-order valence-corrected chi connectivity index (χ1v) is 12.1. The van der Waals surface area contributed by atoms with Gasteiger partial charge in [0.25, 0.3) is 0 Å². The number of fused-ring (bicyclic) bond motifs is 1. The number of aromatic hydroxyl groups is 1. The molecule has 8 nitrogen and oxygen atoms in total. The van der Waals surface area contributed by atoms with Crippen LogP contribution in [0.15, 0.2) is 41.2 Å². The van der Waals surface area contributed by atoms with Crippen LogP contribution in [-0.4, -0.2) is 53.2 Å². The van der Waals surface area contributed by atoms with Crippen LogP contribution in [0.25, 0.3) is 10.2 Å². The van der Waals surface area contributed by atoms with E-state index in [0.29, 0.717) is 11.2 Å². The van der Waals surface area contributed by atoms with Crippen molar-refractivity contribution in [1.82, 2.24) is 15.6 Å². The second-order valence-corrected chi connectivity index (χ2v) is 9.04. The Labute approximate surface area is 221 Å². The molecule has 0 spiro atoms. The van der Waals surface area contributed by atoms with Crippen LogP contribution in [0.2, 0.25) is 0 Å². The lowest BCUT2D eigenvalue weighted by Crippen LogP contribution is -2.38. The van der Waals surface area contributed by atoms with Gasteiger partial charge in [-0.05, 0) is 55.6 Å². The summed E-state index contributed by atoms with van der Waals surface area (Å²) in [7, 11) is 0. The van der Waals surface area contributed by atoms with E-state index in [-0.39, 0.29) is 53.1 Å². The molecule has 0 radical (unpaired) electrons. The van der Waals surface area contributed by atoms with E-state index in [1.165, 1.54) is 17.7 Å². The van der Waals surface area contributed by atoms with Gasteiger partial charge < -0.3 is 35.7 Å². The maximum Gasteiger partial charge on any atom is 0.305 e. The molecule has 0 atom stereocenters. The van der Waals surface area contributed by atoms with Gasteiger partial charge in [0.1, 0.15) is 11.3 Å². The third-order valence-electron chi connectivity index (χ3n) is 5.26. The van der Waals surface area contributed by atoms with Crippen LogP contribution in [0, 0.1) is 0 Å². The smallest absolute Gasteiger partial charge is 0.305 e. The van der Waals surface area contributed by atoms with Gasteiger partial charge in [-0.15, -0.1) is 24.8 Å². The van der Waals surface area contributed by atoms with Crippen molar-refractivity contribution in [3.05, 3.63) is 62.8 Å². The topological polar surface area (TPSA) is 127 Å². The quantitative estimate of drug-likeness (QED) is 0.135. The van der Waals surface area contributed by atoms with Gasteiger partial charge in [0, 0.05) is 25.3 Å². The largest absolute Gasteiger partial charge is 0.506 e. The van der Waals surface area contributed by atoms with Gasteiger partial charge in [0.15, 0.2) is 0 Å². The average molecular weight is 549 g/mol. The van der Waals surface area contributed by atoms with Crippen molar-refractivity contribution in [3.63, 3.8) is 0 Å². The maximum atomic E-state index is 11.7. The highest BCUT2D eigenvalue weighted by atomic mass is 35.5. The highest BCUT2D eigenvalue weighted by molar-refractivity contribution is 7.16. The molecule has 11 heteroatoms. The number of hydrogen-bond donors (Lipinski definition) is 6. The summed E-state index contributed by atoms with van der Waals surface area (Å²) in [5.41, 5.74) is 2.76. The fourth-order valence-electron chi connectivity index (χ4n) is 3.60. The highest BCUT2D eigenvalue weighted by Gasteiger charge is 2.29. The lowest BCUT2D eigenvalue weighted by molar-refractivity contribution is -0.164. The number of benzene rings is 2. The van der Waals surface area contributed by atoms with Gasteiger partial charge in [-0.3, -0.25) is 4.79 Å². The van der Waals surface area contributed by atoms with E-state index in [1.54, 1.807) is 0 Å². The summed E-state index contributed by atoms with van der Waals surface area (Å²) in [6.07, 6.45) is 2.76. The molecule has 0 aliphatic carbocycles. The number of aromatic nitrogens is 1. The summed E-state index contributed by atoms with van der Waals surface area (Å²) in [6.45, 7) is 5.84. The molecule has 196 valence electrons. The lowest BCUT2D eigenvalue weighted by Gasteiger charge is -2.23. The molecule has 0 saturated heterocycles. The summed E-state index contributed by atoms with van der Waals surface area (Å²) >= 11 is 0.838. The molecule has 6 N–H and O–H groups in total. The number of aliphatic hydroxyl groups is 2. The number of nitrogens with one attached hydrogen (secondary N) is 3. The van der Waals surface area contributed by atoms with Crippen molar-refractivity contribution in [2.24, 2.45) is 0 Å². The van der Waals surface area contributed by atoms with Gasteiger partial charge in [0.05, 0.1) is 11.2 Å². The normalized spacial score (nSPS) is 11.3. The Hall–Kier alpha value is -1.69. The summed E-state index contributed by atoms with van der Waals surface area (Å²) in [4.78, 5) is 13.8. The van der Waals surface area contributed by atoms with E-state index in [0.717, 1.165) is 62.5 Å². The predicted molar refractivity (Wildman–Crippen MR) is 145 cm³/mol. The Balaban J connectivity index is 0.00000306. The number of ether oxygens (including phenoxy) is 1. The lowest BCUT2D eigenvalue weighted by atomic mass is 10.0. The molecular formula is C24H35Cl2N3O5S. The Morgan fingerprint density at radius 3 is 2.60 bits per heavy atom. The molecule has 1 aromatic heterocycles. The van der Waals surface area contributed by atoms with Crippen LogP contribution in [-0.2, 0) is 23.5 Å². The Kier molecular flexibility index (Phi) is 13.8. The molecule has 1 heterocycles. The number of H-pyrrole nitrogens is 1. The predicted octanol–water partition coefficient (Wildman–Crippen LogP) is 3.01. The molecule has 0 amide bonds. The number of phenolic OH excluding ortho intramolecular Hbond substituents is 1. The van der Waals surface area contributed by atoms with Crippen molar-refractivity contribution >= 4 is 46.4 Å². The number of hydrogen-bond acceptors (Lipinski definition) is 8. The maximum absolute atomic E-state index is 11.7. The second kappa shape index (κ2) is 15.4. The van der Waals surface area contributed by atoms with Gasteiger partial charge in [-0.25, -0.2) is 0 Å². The SMILES string of the molecule is CCCOCCCNCc1cccc(CCNCC(O)(O)c2ccc(O)c3[nH]c(=O)sc23)c1.Cl.Cl. The zero-order chi connectivity index (χ0) is 23.7. The second-order valence-electron chi connectivity index (χ2n) is 8.06. The monoisotopic (exact) mass is 547 g/mol. The van der Waals surface area contributed by atoms with Crippen molar-refractivity contribution in [2.75, 3.05) is 32.8 Å². The molecule has 0 fully saturated rings. The first-order valence-electron chi connectivity index (χ1n) is 11.3. The first-order chi connectivity index (χ1) is 15.9. The minimum Gasteiger partial charge on any atom is -0.506 e. The minimum atomic E-state index is -2.18. The minimum absolute atomic E-state index is 0. The molecule has 0 aliphatic rings. The Bertz CT molecular complexity index is 1090. The molecule has 0 saturated carbocycles. The third-order valence-corrected chi connectivity index (χ3v) is 6.18. The number of rotatable bonds is 14. The van der Waals surface area contributed by atoms with Crippen molar-refractivity contribution in [3.8, 4) is 5.75 Å². The zero-order valence-electron chi connectivity index (χ0n) is 19.7. The van der Waals surface area contributed by atoms with Crippen LogP contribution in [0.4, 0.5) is 0 Å². The van der Waals surface area contributed by atoms with Crippen LogP contribution < -0.4 is 15.5 Å². The van der Waals surface area contributed by atoms with Crippen LogP contribution >= 0.6 is 36.2 Å². The van der Waals surface area contributed by atoms with Crippen LogP contribution in [0.3, 0.4) is 0 Å². The fraction of sp³-hybridized carbons (Fsp3) is 0.458. The van der Waals surface area contributed by atoms with E-state index >= 15 is 0 Å². The Morgan fingerprint density at radius 1 is 1.06 bits per heavy atom. The fourth-order valence-corrected chi connectivity index (χ4v) is 4.54. The number of aromatic amines is 1. The molecule has 0 unspecified atom stereocenters. The van der Waals surface area contributed by atoms with Crippen LogP contribution in [0.1, 0.15) is 36.5 Å². The summed E-state index contributed by atoms with van der Waals surface area (Å²) in [5.74, 6) is -2.28. The molecule has 2 aromatic carbocycles. The standard InChI is InChI=1S/C24H33N3O5S.2ClH/c1-2-12-32-13-4-10-25-15-18-6-3-5-17(14-18)9-11-26-16-24(30,31)19-7-8-20(28)21-22(19)33-23(29)27-21;;/h3,5-8,14,25-26,28,30-31H,2,4,9-13,15-16H2,1H3,(H,27,29);2*1H. The molecule has 0 aliphatic heterocycles. The van der Waals surface area contributed by atoms with Gasteiger partial charge in [0.2, 0.25) is 5.79 Å². The van der Waals surface area contributed by atoms with Gasteiger partial charge in [-0.1, -0.05) is 42.5 Å². The van der Waals surface area contributed by atoms with Gasteiger partial charge in [-0.2, -0.15) is 0 Å². The van der Waals surface area contributed by atoms with E-state index in [2.05, 4.69) is 40.7 Å². The molecule has 35 heavy (non-hydrogen) atoms. The number of phenols is 1. The first kappa shape index (κ1) is 31.3. The van der Waals surface area contributed by atoms with E-state index in [1.807, 2.05) is 6.07 Å². The summed E-state index contributed by atoms with van der Waals surface area (Å²) in [6, 6.07) is 11.1. The zero-order valence-corrected chi connectivity index (χ0v) is 22.2. The molecule has 3 rings (SSSR count).